The molecular weight excluding hydrogens is 346 g/mol. The Balaban J connectivity index is 2.26. The molecule has 2 rings (SSSR count). The number of hydrogen-bond donors (Lipinski definition) is 1. The minimum Gasteiger partial charge on any atom is -0.450 e. The first-order valence-corrected chi connectivity index (χ1v) is 8.79. The Labute approximate surface area is 128 Å². The van der Waals surface area contributed by atoms with Crippen LogP contribution in [0.1, 0.15) is 33.0 Å². The Morgan fingerprint density at radius 1 is 1.50 bits per heavy atom. The summed E-state index contributed by atoms with van der Waals surface area (Å²) in [5, 5.41) is 9.03. The van der Waals surface area contributed by atoms with Crippen LogP contribution in [0.25, 0.3) is 0 Å². The van der Waals surface area contributed by atoms with Gasteiger partial charge in [-0.2, -0.15) is 4.31 Å². The number of aliphatic hydroxyl groups excluding tert-OH is 1. The van der Waals surface area contributed by atoms with Crippen LogP contribution in [0.3, 0.4) is 0 Å². The van der Waals surface area contributed by atoms with Gasteiger partial charge in [0.05, 0.1) is 0 Å². The second kappa shape index (κ2) is 5.44. The topological polar surface area (TPSA) is 70.8 Å². The van der Waals surface area contributed by atoms with Gasteiger partial charge in [0.1, 0.15) is 17.3 Å². The van der Waals surface area contributed by atoms with Gasteiger partial charge in [-0.15, -0.1) is 0 Å². The lowest BCUT2D eigenvalue weighted by Gasteiger charge is -2.26. The summed E-state index contributed by atoms with van der Waals surface area (Å²) in [5.74, 6) is 0.585. The van der Waals surface area contributed by atoms with Crippen molar-refractivity contribution in [3.8, 4) is 0 Å². The van der Waals surface area contributed by atoms with Gasteiger partial charge < -0.3 is 9.52 Å². The molecular formula is C13H20BrNO4S. The smallest absolute Gasteiger partial charge is 0.247 e. The van der Waals surface area contributed by atoms with Crippen molar-refractivity contribution in [2.75, 3.05) is 13.1 Å². The zero-order valence-corrected chi connectivity index (χ0v) is 14.3. The normalized spacial score (nSPS) is 21.6. The molecule has 0 amide bonds. The fraction of sp³-hybridized carbons (Fsp3) is 0.692. The first kappa shape index (κ1) is 16.0. The van der Waals surface area contributed by atoms with Crippen molar-refractivity contribution in [2.24, 2.45) is 11.3 Å². The molecule has 1 aromatic rings. The second-order valence-electron chi connectivity index (χ2n) is 6.22. The minimum atomic E-state index is -3.57. The highest BCUT2D eigenvalue weighted by Crippen LogP contribution is 2.37. The van der Waals surface area contributed by atoms with E-state index in [2.05, 4.69) is 36.7 Å². The zero-order valence-electron chi connectivity index (χ0n) is 11.9. The molecule has 0 spiro atoms. The predicted octanol–water partition coefficient (Wildman–Crippen LogP) is 2.59. The molecule has 0 radical (unpaired) electrons. The standard InChI is InChI=1S/C13H20BrNO4S/c1-13(2,3)9-4-5-15(7-9)20(17,18)11-6-10(8-16)19-12(11)14/h6,9,16H,4-5,7-8H2,1-3H3. The van der Waals surface area contributed by atoms with E-state index in [1.807, 2.05) is 0 Å². The third-order valence-corrected chi connectivity index (χ3v) is 6.58. The summed E-state index contributed by atoms with van der Waals surface area (Å²) in [7, 11) is -3.57. The molecule has 1 N–H and O–H groups in total. The van der Waals surface area contributed by atoms with Crippen molar-refractivity contribution in [3.05, 3.63) is 16.5 Å². The lowest BCUT2D eigenvalue weighted by molar-refractivity contribution is 0.245. The molecule has 0 saturated carbocycles. The van der Waals surface area contributed by atoms with Gasteiger partial charge in [0.15, 0.2) is 4.67 Å². The highest BCUT2D eigenvalue weighted by Gasteiger charge is 2.39. The number of rotatable bonds is 3. The van der Waals surface area contributed by atoms with Crippen molar-refractivity contribution in [2.45, 2.75) is 38.7 Å². The van der Waals surface area contributed by atoms with Gasteiger partial charge in [0.2, 0.25) is 10.0 Å². The molecule has 1 atom stereocenters. The number of aliphatic hydroxyl groups is 1. The van der Waals surface area contributed by atoms with E-state index in [-0.39, 0.29) is 27.3 Å². The van der Waals surface area contributed by atoms with E-state index >= 15 is 0 Å². The van der Waals surface area contributed by atoms with Crippen LogP contribution in [-0.2, 0) is 16.6 Å². The molecule has 1 saturated heterocycles. The van der Waals surface area contributed by atoms with Gasteiger partial charge in [0, 0.05) is 19.2 Å². The zero-order chi connectivity index (χ0) is 15.1. The number of nitrogens with zero attached hydrogens (tertiary/aromatic N) is 1. The molecule has 1 unspecified atom stereocenters. The fourth-order valence-corrected chi connectivity index (χ4v) is 4.91. The monoisotopic (exact) mass is 365 g/mol. The average Bonchev–Trinajstić information content (AvgIpc) is 2.94. The predicted molar refractivity (Wildman–Crippen MR) is 78.7 cm³/mol. The van der Waals surface area contributed by atoms with Crippen molar-refractivity contribution in [3.63, 3.8) is 0 Å². The van der Waals surface area contributed by atoms with Gasteiger partial charge in [0.25, 0.3) is 0 Å². The average molecular weight is 366 g/mol. The largest absolute Gasteiger partial charge is 0.450 e. The highest BCUT2D eigenvalue weighted by atomic mass is 79.9. The maximum Gasteiger partial charge on any atom is 0.247 e. The van der Waals surface area contributed by atoms with Crippen molar-refractivity contribution < 1.29 is 17.9 Å². The fourth-order valence-electron chi connectivity index (χ4n) is 2.44. The van der Waals surface area contributed by atoms with E-state index in [1.165, 1.54) is 10.4 Å². The van der Waals surface area contributed by atoms with Gasteiger partial charge in [-0.3, -0.25) is 0 Å². The van der Waals surface area contributed by atoms with Crippen molar-refractivity contribution in [1.82, 2.24) is 4.31 Å². The Hall–Kier alpha value is -0.370. The third kappa shape index (κ3) is 2.95. The van der Waals surface area contributed by atoms with Crippen LogP contribution in [0, 0.1) is 11.3 Å². The minimum absolute atomic E-state index is 0.0914. The van der Waals surface area contributed by atoms with Gasteiger partial charge in [-0.05, 0) is 33.7 Å². The molecule has 1 aliphatic heterocycles. The van der Waals surface area contributed by atoms with E-state index in [9.17, 15) is 8.42 Å². The van der Waals surface area contributed by atoms with Crippen molar-refractivity contribution >= 4 is 26.0 Å². The Morgan fingerprint density at radius 2 is 2.15 bits per heavy atom. The van der Waals surface area contributed by atoms with Gasteiger partial charge in [-0.1, -0.05) is 20.8 Å². The Kier molecular flexibility index (Phi) is 4.35. The Bertz CT molecular complexity index is 588. The van der Waals surface area contributed by atoms with Crippen LogP contribution in [0.4, 0.5) is 0 Å². The van der Waals surface area contributed by atoms with E-state index in [4.69, 9.17) is 9.52 Å². The molecule has 0 bridgehead atoms. The summed E-state index contributed by atoms with van der Waals surface area (Å²) >= 11 is 3.11. The molecule has 1 aromatic heterocycles. The molecule has 2 heterocycles. The quantitative estimate of drug-likeness (QED) is 0.893. The van der Waals surface area contributed by atoms with Crippen LogP contribution >= 0.6 is 15.9 Å². The summed E-state index contributed by atoms with van der Waals surface area (Å²) in [6.07, 6.45) is 0.866. The molecule has 5 nitrogen and oxygen atoms in total. The van der Waals surface area contributed by atoms with E-state index < -0.39 is 10.0 Å². The SMILES string of the molecule is CC(C)(C)C1CCN(S(=O)(=O)c2cc(CO)oc2Br)C1. The first-order chi connectivity index (χ1) is 9.16. The third-order valence-electron chi connectivity index (χ3n) is 3.86. The van der Waals surface area contributed by atoms with Crippen LogP contribution in [0.15, 0.2) is 20.0 Å². The van der Waals surface area contributed by atoms with Crippen LogP contribution in [0.2, 0.25) is 0 Å². The van der Waals surface area contributed by atoms with E-state index in [0.29, 0.717) is 19.0 Å². The van der Waals surface area contributed by atoms with Gasteiger partial charge in [-0.25, -0.2) is 8.42 Å². The molecule has 20 heavy (non-hydrogen) atoms. The highest BCUT2D eigenvalue weighted by molar-refractivity contribution is 9.10. The summed E-state index contributed by atoms with van der Waals surface area (Å²) < 4.78 is 32.0. The molecule has 0 aromatic carbocycles. The second-order valence-corrected chi connectivity index (χ2v) is 8.85. The van der Waals surface area contributed by atoms with Crippen LogP contribution in [0.5, 0.6) is 0 Å². The summed E-state index contributed by atoms with van der Waals surface area (Å²) in [4.78, 5) is 0.0936. The van der Waals surface area contributed by atoms with E-state index in [0.717, 1.165) is 6.42 Å². The maximum absolute atomic E-state index is 12.6. The summed E-state index contributed by atoms with van der Waals surface area (Å²) in [6, 6.07) is 1.38. The lowest BCUT2D eigenvalue weighted by Crippen LogP contribution is -2.31. The van der Waals surface area contributed by atoms with Crippen molar-refractivity contribution in [1.29, 1.82) is 0 Å². The Morgan fingerprint density at radius 3 is 2.60 bits per heavy atom. The van der Waals surface area contributed by atoms with Gasteiger partial charge >= 0.3 is 0 Å². The summed E-state index contributed by atoms with van der Waals surface area (Å²) in [5.41, 5.74) is 0.0914. The number of halogens is 1. The molecule has 1 fully saturated rings. The number of sulfonamides is 1. The molecule has 114 valence electrons. The van der Waals surface area contributed by atoms with E-state index in [1.54, 1.807) is 0 Å². The molecule has 0 aliphatic carbocycles. The number of furan rings is 1. The summed E-state index contributed by atoms with van der Waals surface area (Å²) in [6.45, 7) is 7.12. The lowest BCUT2D eigenvalue weighted by atomic mass is 9.80. The van der Waals surface area contributed by atoms with Crippen LogP contribution < -0.4 is 0 Å². The number of hydrogen-bond acceptors (Lipinski definition) is 4. The molecule has 1 aliphatic rings. The first-order valence-electron chi connectivity index (χ1n) is 6.55. The molecule has 7 heteroatoms. The maximum atomic E-state index is 12.6. The van der Waals surface area contributed by atoms with Crippen LogP contribution in [-0.4, -0.2) is 30.9 Å².